The summed E-state index contributed by atoms with van der Waals surface area (Å²) >= 11 is 0. The van der Waals surface area contributed by atoms with E-state index in [1.54, 1.807) is 21.1 Å². The number of carboxylic acids is 1. The van der Waals surface area contributed by atoms with Gasteiger partial charge < -0.3 is 28.6 Å². The van der Waals surface area contributed by atoms with Gasteiger partial charge in [0, 0.05) is 19.3 Å². The lowest BCUT2D eigenvalue weighted by Gasteiger charge is -2.34. The van der Waals surface area contributed by atoms with Gasteiger partial charge in [0.1, 0.15) is 12.6 Å². The van der Waals surface area contributed by atoms with E-state index in [4.69, 9.17) is 14.2 Å². The molecule has 0 spiro atoms. The minimum absolute atomic E-state index is 0.0372. The van der Waals surface area contributed by atoms with E-state index in [-0.39, 0.29) is 42.7 Å². The van der Waals surface area contributed by atoms with E-state index in [9.17, 15) is 19.5 Å². The van der Waals surface area contributed by atoms with E-state index < -0.39 is 18.1 Å². The van der Waals surface area contributed by atoms with E-state index in [0.717, 1.165) is 70.6 Å². The van der Waals surface area contributed by atoms with Crippen LogP contribution in [-0.4, -0.2) is 75.5 Å². The van der Waals surface area contributed by atoms with Crippen molar-refractivity contribution >= 4 is 17.9 Å². The summed E-state index contributed by atoms with van der Waals surface area (Å²) in [5.74, 6) is -1.76. The Balaban J connectivity index is 4.35. The van der Waals surface area contributed by atoms with Crippen molar-refractivity contribution in [1.82, 2.24) is 0 Å². The Hall–Kier alpha value is -2.45. The number of quaternary nitrogens is 1. The van der Waals surface area contributed by atoms with Crippen LogP contribution in [0.15, 0.2) is 36.5 Å². The highest BCUT2D eigenvalue weighted by Crippen LogP contribution is 2.13. The second-order valence-corrected chi connectivity index (χ2v) is 13.4. The van der Waals surface area contributed by atoms with Gasteiger partial charge in [0.25, 0.3) is 0 Å². The van der Waals surface area contributed by atoms with E-state index >= 15 is 0 Å². The molecule has 8 heteroatoms. The molecular weight excluding hydrogens is 594 g/mol. The molecule has 272 valence electrons. The number of likely N-dealkylation sites (N-methyl/N-ethyl adjacent to an activating group) is 1. The molecule has 0 aromatic heterocycles. The summed E-state index contributed by atoms with van der Waals surface area (Å²) in [7, 11) is 5.38. The van der Waals surface area contributed by atoms with Crippen LogP contribution < -0.4 is 5.11 Å². The summed E-state index contributed by atoms with van der Waals surface area (Å²) in [4.78, 5) is 36.4. The van der Waals surface area contributed by atoms with Gasteiger partial charge in [-0.25, -0.2) is 0 Å². The Morgan fingerprint density at radius 1 is 0.660 bits per heavy atom. The Bertz CT molecular complexity index is 875. The van der Waals surface area contributed by atoms with Crippen LogP contribution in [0.4, 0.5) is 0 Å². The summed E-state index contributed by atoms with van der Waals surface area (Å²) in [5, 5.41) is 11.5. The summed E-state index contributed by atoms with van der Waals surface area (Å²) in [5.41, 5.74) is 0. The highest BCUT2D eigenvalue weighted by atomic mass is 16.6. The number of carbonyl (C=O) groups is 3. The third kappa shape index (κ3) is 29.4. The van der Waals surface area contributed by atoms with Gasteiger partial charge in [-0.2, -0.15) is 0 Å². The SMILES string of the molecule is CC/C=C\C/C=C\C/C=C\CCCCCCCCCC(=O)OC(COCCC(C(=O)[O-])[N+](C)(C)C)COC(=O)CCCCCCCC. The fourth-order valence-corrected chi connectivity index (χ4v) is 5.14. The molecule has 0 N–H and O–H groups in total. The Morgan fingerprint density at radius 3 is 1.77 bits per heavy atom. The number of nitrogens with zero attached hydrogens (tertiary/aromatic N) is 1. The number of hydrogen-bond donors (Lipinski definition) is 0. The number of hydrogen-bond acceptors (Lipinski definition) is 7. The van der Waals surface area contributed by atoms with Crippen LogP contribution in [0.5, 0.6) is 0 Å². The smallest absolute Gasteiger partial charge is 0.306 e. The van der Waals surface area contributed by atoms with Gasteiger partial charge >= 0.3 is 11.9 Å². The molecule has 0 aliphatic carbocycles. The lowest BCUT2D eigenvalue weighted by atomic mass is 10.1. The van der Waals surface area contributed by atoms with Crippen molar-refractivity contribution in [3.05, 3.63) is 36.5 Å². The zero-order chi connectivity index (χ0) is 35.0. The van der Waals surface area contributed by atoms with Crippen LogP contribution in [0.3, 0.4) is 0 Å². The molecular formula is C39H69NO7. The quantitative estimate of drug-likeness (QED) is 0.0313. The topological polar surface area (TPSA) is 102 Å². The number of unbranched alkanes of at least 4 members (excludes halogenated alkanes) is 12. The monoisotopic (exact) mass is 664 g/mol. The number of allylic oxidation sites excluding steroid dienone is 6. The number of ether oxygens (including phenoxy) is 3. The molecule has 0 heterocycles. The molecule has 0 aromatic rings. The fourth-order valence-electron chi connectivity index (χ4n) is 5.14. The molecule has 0 fully saturated rings. The van der Waals surface area contributed by atoms with Gasteiger partial charge in [-0.1, -0.05) is 115 Å². The lowest BCUT2D eigenvalue weighted by molar-refractivity contribution is -0.889. The molecule has 8 nitrogen and oxygen atoms in total. The number of rotatable bonds is 32. The van der Waals surface area contributed by atoms with Crippen LogP contribution in [0.2, 0.25) is 0 Å². The zero-order valence-electron chi connectivity index (χ0n) is 30.7. The number of carbonyl (C=O) groups excluding carboxylic acids is 3. The van der Waals surface area contributed by atoms with Crippen molar-refractivity contribution in [3.8, 4) is 0 Å². The van der Waals surface area contributed by atoms with Crippen LogP contribution in [-0.2, 0) is 28.6 Å². The number of aliphatic carboxylic acids is 1. The van der Waals surface area contributed by atoms with Gasteiger partial charge in [0.15, 0.2) is 6.10 Å². The van der Waals surface area contributed by atoms with E-state index in [0.29, 0.717) is 12.8 Å². The van der Waals surface area contributed by atoms with Gasteiger partial charge in [-0.15, -0.1) is 0 Å². The van der Waals surface area contributed by atoms with Crippen molar-refractivity contribution in [1.29, 1.82) is 0 Å². The van der Waals surface area contributed by atoms with Gasteiger partial charge in [0.2, 0.25) is 0 Å². The summed E-state index contributed by atoms with van der Waals surface area (Å²) in [6, 6.07) is -0.724. The third-order valence-electron chi connectivity index (χ3n) is 8.04. The standard InChI is InChI=1S/C39H69NO7/c1-6-8-10-12-14-15-16-17-18-19-20-21-22-23-24-26-28-30-38(42)47-35(33-45-32-31-36(39(43)44)40(3,4)5)34-46-37(41)29-27-25-13-11-9-7-2/h8,10,14-15,17-18,35-36H,6-7,9,11-13,16,19-34H2,1-5H3/b10-8-,15-14-,18-17-. The normalized spacial score (nSPS) is 13.5. The maximum atomic E-state index is 12.6. The molecule has 2 unspecified atom stereocenters. The van der Waals surface area contributed by atoms with Crippen LogP contribution in [0, 0.1) is 0 Å². The van der Waals surface area contributed by atoms with Gasteiger partial charge in [-0.3, -0.25) is 9.59 Å². The maximum Gasteiger partial charge on any atom is 0.306 e. The van der Waals surface area contributed by atoms with Crippen molar-refractivity contribution in [2.24, 2.45) is 0 Å². The largest absolute Gasteiger partial charge is 0.544 e. The van der Waals surface area contributed by atoms with Crippen LogP contribution >= 0.6 is 0 Å². The molecule has 2 atom stereocenters. The summed E-state index contributed by atoms with van der Waals surface area (Å²) in [6.45, 7) is 4.46. The molecule has 0 aromatic carbocycles. The molecule has 0 amide bonds. The molecule has 0 saturated heterocycles. The minimum atomic E-state index is -1.13. The second-order valence-electron chi connectivity index (χ2n) is 13.4. The fraction of sp³-hybridized carbons (Fsp3) is 0.769. The predicted octanol–water partition coefficient (Wildman–Crippen LogP) is 7.79. The van der Waals surface area contributed by atoms with E-state index in [1.165, 1.54) is 38.5 Å². The Kier molecular flexibility index (Phi) is 29.2. The first-order valence-corrected chi connectivity index (χ1v) is 18.5. The second kappa shape index (κ2) is 30.9. The molecule has 0 radical (unpaired) electrons. The average Bonchev–Trinajstić information content (AvgIpc) is 3.01. The summed E-state index contributed by atoms with van der Waals surface area (Å²) in [6.07, 6.45) is 31.9. The lowest BCUT2D eigenvalue weighted by Crippen LogP contribution is -2.55. The average molecular weight is 664 g/mol. The van der Waals surface area contributed by atoms with Crippen molar-refractivity contribution in [2.75, 3.05) is 41.0 Å². The van der Waals surface area contributed by atoms with Crippen LogP contribution in [0.25, 0.3) is 0 Å². The zero-order valence-corrected chi connectivity index (χ0v) is 30.7. The Morgan fingerprint density at radius 2 is 1.19 bits per heavy atom. The van der Waals surface area contributed by atoms with Gasteiger partial charge in [-0.05, 0) is 44.9 Å². The first kappa shape index (κ1) is 44.5. The molecule has 47 heavy (non-hydrogen) atoms. The van der Waals surface area contributed by atoms with E-state index in [1.807, 2.05) is 0 Å². The number of carboxylic acid groups (broad SMARTS) is 1. The van der Waals surface area contributed by atoms with Crippen molar-refractivity contribution in [2.45, 2.75) is 154 Å². The van der Waals surface area contributed by atoms with Gasteiger partial charge in [0.05, 0.1) is 40.3 Å². The summed E-state index contributed by atoms with van der Waals surface area (Å²) < 4.78 is 17.0. The molecule has 0 saturated carbocycles. The van der Waals surface area contributed by atoms with Crippen molar-refractivity contribution in [3.63, 3.8) is 0 Å². The number of esters is 2. The third-order valence-corrected chi connectivity index (χ3v) is 8.04. The predicted molar refractivity (Wildman–Crippen MR) is 190 cm³/mol. The molecule has 0 rings (SSSR count). The van der Waals surface area contributed by atoms with Crippen molar-refractivity contribution < 1.29 is 38.2 Å². The highest BCUT2D eigenvalue weighted by molar-refractivity contribution is 5.70. The first-order chi connectivity index (χ1) is 22.6. The maximum absolute atomic E-state index is 12.6. The minimum Gasteiger partial charge on any atom is -0.544 e. The first-order valence-electron chi connectivity index (χ1n) is 18.5. The van der Waals surface area contributed by atoms with E-state index in [2.05, 4.69) is 50.3 Å². The van der Waals surface area contributed by atoms with Crippen LogP contribution in [0.1, 0.15) is 142 Å². The molecule has 0 aliphatic heterocycles. The molecule has 0 aliphatic rings. The highest BCUT2D eigenvalue weighted by Gasteiger charge is 2.25. The molecule has 0 bridgehead atoms. The Labute approximate surface area is 287 Å².